The van der Waals surface area contributed by atoms with E-state index in [1.165, 1.54) is 37.0 Å². The highest BCUT2D eigenvalue weighted by Gasteiger charge is 2.42. The molecule has 27 heavy (non-hydrogen) atoms. The van der Waals surface area contributed by atoms with Gasteiger partial charge in [-0.3, -0.25) is 4.79 Å². The van der Waals surface area contributed by atoms with Crippen LogP contribution in [0.5, 0.6) is 0 Å². The first-order valence-electron chi connectivity index (χ1n) is 9.93. The molecule has 0 aliphatic heterocycles. The monoisotopic (exact) mass is 392 g/mol. The number of sulfonamides is 1. The Balaban J connectivity index is 1.65. The minimum atomic E-state index is -3.70. The highest BCUT2D eigenvalue weighted by atomic mass is 32.2. The van der Waals surface area contributed by atoms with Crippen LogP contribution in [-0.2, 0) is 14.8 Å². The highest BCUT2D eigenvalue weighted by Crippen LogP contribution is 2.49. The average Bonchev–Trinajstić information content (AvgIpc) is 3.16. The average molecular weight is 393 g/mol. The van der Waals surface area contributed by atoms with Gasteiger partial charge in [-0.25, -0.2) is 8.42 Å². The van der Waals surface area contributed by atoms with Crippen LogP contribution < -0.4 is 5.32 Å². The van der Waals surface area contributed by atoms with E-state index in [0.717, 1.165) is 28.5 Å². The molecule has 1 amide bonds. The number of amides is 1. The van der Waals surface area contributed by atoms with Crippen LogP contribution in [0.3, 0.4) is 0 Å². The van der Waals surface area contributed by atoms with Crippen molar-refractivity contribution in [1.29, 1.82) is 0 Å². The first-order valence-corrected chi connectivity index (χ1v) is 11.4. The predicted octanol–water partition coefficient (Wildman–Crippen LogP) is 3.17. The molecule has 4 atom stereocenters. The number of fused-ring (bicyclic) bond motifs is 2. The van der Waals surface area contributed by atoms with Gasteiger partial charge in [0, 0.05) is 13.1 Å². The minimum Gasteiger partial charge on any atom is -0.352 e. The zero-order valence-electron chi connectivity index (χ0n) is 17.1. The van der Waals surface area contributed by atoms with Gasteiger partial charge < -0.3 is 5.32 Å². The Morgan fingerprint density at radius 1 is 1.19 bits per heavy atom. The van der Waals surface area contributed by atoms with E-state index in [1.807, 2.05) is 19.1 Å². The normalized spacial score (nSPS) is 25.8. The maximum absolute atomic E-state index is 13.0. The van der Waals surface area contributed by atoms with Crippen molar-refractivity contribution < 1.29 is 13.2 Å². The van der Waals surface area contributed by atoms with Gasteiger partial charge in [0.2, 0.25) is 15.9 Å². The Kier molecular flexibility index (Phi) is 5.69. The second-order valence-corrected chi connectivity index (χ2v) is 10.7. The maximum atomic E-state index is 13.0. The molecule has 3 rings (SSSR count). The third-order valence-corrected chi connectivity index (χ3v) is 8.57. The molecule has 0 aromatic heterocycles. The largest absolute Gasteiger partial charge is 0.352 e. The Morgan fingerprint density at radius 2 is 1.81 bits per heavy atom. The van der Waals surface area contributed by atoms with E-state index in [-0.39, 0.29) is 18.5 Å². The van der Waals surface area contributed by atoms with E-state index in [4.69, 9.17) is 0 Å². The molecule has 1 aromatic carbocycles. The predicted molar refractivity (Wildman–Crippen MR) is 107 cm³/mol. The third kappa shape index (κ3) is 4.06. The molecule has 2 fully saturated rings. The number of rotatable bonds is 6. The van der Waals surface area contributed by atoms with Crippen LogP contribution in [-0.4, -0.2) is 38.3 Å². The maximum Gasteiger partial charge on any atom is 0.243 e. The van der Waals surface area contributed by atoms with Gasteiger partial charge in [0.25, 0.3) is 0 Å². The van der Waals surface area contributed by atoms with E-state index >= 15 is 0 Å². The summed E-state index contributed by atoms with van der Waals surface area (Å²) in [6, 6.07) is 3.84. The molecule has 2 aliphatic carbocycles. The first kappa shape index (κ1) is 20.3. The van der Waals surface area contributed by atoms with Crippen LogP contribution >= 0.6 is 0 Å². The Hall–Kier alpha value is -1.40. The molecule has 0 spiro atoms. The van der Waals surface area contributed by atoms with Gasteiger partial charge in [-0.2, -0.15) is 4.31 Å². The minimum absolute atomic E-state index is 0.103. The SMILES string of the molecule is Cc1cc(C)c(S(=O)(=O)N(C)CC(=O)N[C@H](C)[C@H]2C[C@H]3CC[C@H]2C3)c(C)c1. The van der Waals surface area contributed by atoms with Crippen LogP contribution in [0, 0.1) is 38.5 Å². The number of aryl methyl sites for hydroxylation is 3. The fourth-order valence-corrected chi connectivity index (χ4v) is 6.86. The lowest BCUT2D eigenvalue weighted by molar-refractivity contribution is -0.122. The topological polar surface area (TPSA) is 66.5 Å². The molecule has 150 valence electrons. The molecule has 2 saturated carbocycles. The molecule has 0 saturated heterocycles. The molecule has 1 N–H and O–H groups in total. The van der Waals surface area contributed by atoms with Gasteiger partial charge in [0.15, 0.2) is 0 Å². The van der Waals surface area contributed by atoms with Gasteiger partial charge in [-0.15, -0.1) is 0 Å². The van der Waals surface area contributed by atoms with Crippen molar-refractivity contribution in [3.63, 3.8) is 0 Å². The van der Waals surface area contributed by atoms with E-state index in [2.05, 4.69) is 12.2 Å². The third-order valence-electron chi connectivity index (χ3n) is 6.46. The van der Waals surface area contributed by atoms with Crippen molar-refractivity contribution in [2.75, 3.05) is 13.6 Å². The molecule has 0 heterocycles. The molecular formula is C21H32N2O3S. The highest BCUT2D eigenvalue weighted by molar-refractivity contribution is 7.89. The number of carbonyl (C=O) groups is 1. The summed E-state index contributed by atoms with van der Waals surface area (Å²) >= 11 is 0. The molecule has 0 unspecified atom stereocenters. The summed E-state index contributed by atoms with van der Waals surface area (Å²) in [5.74, 6) is 1.87. The zero-order valence-corrected chi connectivity index (χ0v) is 17.9. The molecule has 2 aliphatic rings. The van der Waals surface area contributed by atoms with Crippen molar-refractivity contribution in [3.05, 3.63) is 28.8 Å². The lowest BCUT2D eigenvalue weighted by atomic mass is 9.84. The quantitative estimate of drug-likeness (QED) is 0.809. The number of hydrogen-bond donors (Lipinski definition) is 1. The molecule has 6 heteroatoms. The van der Waals surface area contributed by atoms with E-state index in [1.54, 1.807) is 13.8 Å². The van der Waals surface area contributed by atoms with Gasteiger partial charge >= 0.3 is 0 Å². The first-order chi connectivity index (χ1) is 12.6. The van der Waals surface area contributed by atoms with Crippen molar-refractivity contribution in [3.8, 4) is 0 Å². The summed E-state index contributed by atoms with van der Waals surface area (Å²) in [4.78, 5) is 12.8. The van der Waals surface area contributed by atoms with Crippen LogP contribution in [0.4, 0.5) is 0 Å². The Bertz CT molecular complexity index is 811. The number of nitrogens with zero attached hydrogens (tertiary/aromatic N) is 1. The van der Waals surface area contributed by atoms with Crippen LogP contribution in [0.1, 0.15) is 49.3 Å². The standard InChI is InChI=1S/C21H32N2O3S/c1-13-8-14(2)21(15(3)9-13)27(25,26)23(5)12-20(24)22-16(4)19-11-17-6-7-18(19)10-17/h8-9,16-19H,6-7,10-12H2,1-5H3,(H,22,24)/t16-,17+,18+,19-/m1/s1. The lowest BCUT2D eigenvalue weighted by Gasteiger charge is -2.29. The second-order valence-electron chi connectivity index (χ2n) is 8.68. The zero-order chi connectivity index (χ0) is 19.9. The van der Waals surface area contributed by atoms with Crippen molar-refractivity contribution in [1.82, 2.24) is 9.62 Å². The molecule has 5 nitrogen and oxygen atoms in total. The van der Waals surface area contributed by atoms with Gasteiger partial charge in [-0.05, 0) is 75.8 Å². The summed E-state index contributed by atoms with van der Waals surface area (Å²) in [6.07, 6.45) is 5.10. The van der Waals surface area contributed by atoms with Crippen molar-refractivity contribution >= 4 is 15.9 Å². The van der Waals surface area contributed by atoms with E-state index in [9.17, 15) is 13.2 Å². The summed E-state index contributed by atoms with van der Waals surface area (Å²) in [7, 11) is -2.22. The number of likely N-dealkylation sites (N-methyl/N-ethyl adjacent to an activating group) is 1. The summed E-state index contributed by atoms with van der Waals surface area (Å²) in [5.41, 5.74) is 2.47. The fraction of sp³-hybridized carbons (Fsp3) is 0.667. The van der Waals surface area contributed by atoms with Crippen LogP contribution in [0.25, 0.3) is 0 Å². The number of carbonyl (C=O) groups excluding carboxylic acids is 1. The van der Waals surface area contributed by atoms with Gasteiger partial charge in [0.1, 0.15) is 0 Å². The number of nitrogens with one attached hydrogen (secondary N) is 1. The smallest absolute Gasteiger partial charge is 0.243 e. The summed E-state index contributed by atoms with van der Waals surface area (Å²) in [5, 5.41) is 3.05. The van der Waals surface area contributed by atoms with Gasteiger partial charge in [-0.1, -0.05) is 24.1 Å². The number of hydrogen-bond acceptors (Lipinski definition) is 3. The Labute approximate surface area is 163 Å². The van der Waals surface area contributed by atoms with Crippen LogP contribution in [0.2, 0.25) is 0 Å². The second kappa shape index (κ2) is 7.55. The number of benzene rings is 1. The van der Waals surface area contributed by atoms with Gasteiger partial charge in [0.05, 0.1) is 11.4 Å². The summed E-state index contributed by atoms with van der Waals surface area (Å²) < 4.78 is 27.2. The van der Waals surface area contributed by atoms with Crippen LogP contribution in [0.15, 0.2) is 17.0 Å². The molecule has 0 radical (unpaired) electrons. The van der Waals surface area contributed by atoms with Crippen molar-refractivity contribution in [2.24, 2.45) is 17.8 Å². The fourth-order valence-electron chi connectivity index (χ4n) is 5.33. The lowest BCUT2D eigenvalue weighted by Crippen LogP contribution is -2.45. The molecular weight excluding hydrogens is 360 g/mol. The van der Waals surface area contributed by atoms with Crippen molar-refractivity contribution in [2.45, 2.75) is 64.3 Å². The molecule has 2 bridgehead atoms. The summed E-state index contributed by atoms with van der Waals surface area (Å²) in [6.45, 7) is 7.47. The van der Waals surface area contributed by atoms with E-state index in [0.29, 0.717) is 10.8 Å². The Morgan fingerprint density at radius 3 is 2.33 bits per heavy atom. The van der Waals surface area contributed by atoms with E-state index < -0.39 is 10.0 Å². The molecule has 1 aromatic rings.